The van der Waals surface area contributed by atoms with Crippen LogP contribution in [0.15, 0.2) is 0 Å². The van der Waals surface area contributed by atoms with Crippen LogP contribution in [0.5, 0.6) is 0 Å². The topological polar surface area (TPSA) is 15.3 Å². The lowest BCUT2D eigenvalue weighted by Gasteiger charge is -2.40. The molecule has 2 rings (SSSR count). The molecule has 2 fully saturated rings. The zero-order valence-corrected chi connectivity index (χ0v) is 15.3. The minimum absolute atomic E-state index is 0.532. The molecular formula is C18H36N2S. The highest BCUT2D eigenvalue weighted by Crippen LogP contribution is 2.38. The molecule has 0 aromatic heterocycles. The number of rotatable bonds is 7. The molecule has 1 saturated carbocycles. The molecule has 0 radical (unpaired) electrons. The van der Waals surface area contributed by atoms with E-state index in [0.717, 1.165) is 5.92 Å². The van der Waals surface area contributed by atoms with Gasteiger partial charge in [0.05, 0.1) is 0 Å². The van der Waals surface area contributed by atoms with Crippen LogP contribution in [-0.2, 0) is 0 Å². The predicted molar refractivity (Wildman–Crippen MR) is 96.3 cm³/mol. The van der Waals surface area contributed by atoms with Gasteiger partial charge in [-0.25, -0.2) is 0 Å². The first-order valence-corrected chi connectivity index (χ1v) is 10.4. The van der Waals surface area contributed by atoms with Crippen molar-refractivity contribution in [3.63, 3.8) is 0 Å². The van der Waals surface area contributed by atoms with Crippen molar-refractivity contribution >= 4 is 11.8 Å². The highest BCUT2D eigenvalue weighted by atomic mass is 32.2. The Morgan fingerprint density at radius 3 is 2.67 bits per heavy atom. The van der Waals surface area contributed by atoms with Crippen LogP contribution >= 0.6 is 11.8 Å². The first-order valence-electron chi connectivity index (χ1n) is 9.20. The Morgan fingerprint density at radius 1 is 1.24 bits per heavy atom. The van der Waals surface area contributed by atoms with Crippen LogP contribution in [0.1, 0.15) is 65.2 Å². The molecule has 0 aromatic rings. The fourth-order valence-corrected chi connectivity index (χ4v) is 5.11. The third-order valence-corrected chi connectivity index (χ3v) is 7.15. The molecule has 2 aliphatic rings. The molecule has 1 aliphatic heterocycles. The molecular weight excluding hydrogens is 276 g/mol. The summed E-state index contributed by atoms with van der Waals surface area (Å²) in [5.74, 6) is 0.854. The van der Waals surface area contributed by atoms with E-state index in [1.165, 1.54) is 77.5 Å². The third kappa shape index (κ3) is 5.14. The van der Waals surface area contributed by atoms with E-state index < -0.39 is 0 Å². The van der Waals surface area contributed by atoms with E-state index in [1.807, 2.05) is 0 Å². The molecule has 0 aromatic carbocycles. The Labute approximate surface area is 136 Å². The van der Waals surface area contributed by atoms with Gasteiger partial charge in [-0.2, -0.15) is 11.8 Å². The highest BCUT2D eigenvalue weighted by Gasteiger charge is 2.32. The Hall–Kier alpha value is 0.270. The van der Waals surface area contributed by atoms with Gasteiger partial charge in [-0.3, -0.25) is 0 Å². The summed E-state index contributed by atoms with van der Waals surface area (Å²) in [7, 11) is 0. The molecule has 1 heterocycles. The molecule has 2 atom stereocenters. The van der Waals surface area contributed by atoms with Crippen LogP contribution in [-0.4, -0.2) is 48.1 Å². The number of hydrogen-bond donors (Lipinski definition) is 1. The second kappa shape index (κ2) is 8.79. The van der Waals surface area contributed by atoms with Gasteiger partial charge in [0.15, 0.2) is 0 Å². The average Bonchev–Trinajstić information content (AvgIpc) is 2.54. The van der Waals surface area contributed by atoms with Crippen molar-refractivity contribution in [2.45, 2.75) is 76.0 Å². The van der Waals surface area contributed by atoms with Crippen molar-refractivity contribution in [2.75, 3.05) is 32.4 Å². The number of hydrogen-bond acceptors (Lipinski definition) is 3. The van der Waals surface area contributed by atoms with Gasteiger partial charge in [0.1, 0.15) is 0 Å². The number of nitrogens with zero attached hydrogens (tertiary/aromatic N) is 1. The zero-order chi connectivity index (χ0) is 15.1. The quantitative estimate of drug-likeness (QED) is 0.760. The van der Waals surface area contributed by atoms with E-state index >= 15 is 0 Å². The lowest BCUT2D eigenvalue weighted by Crippen LogP contribution is -2.49. The Bertz CT molecular complexity index is 287. The van der Waals surface area contributed by atoms with Crippen LogP contribution in [0.3, 0.4) is 0 Å². The number of likely N-dealkylation sites (tertiary alicyclic amines) is 1. The van der Waals surface area contributed by atoms with Crippen molar-refractivity contribution < 1.29 is 0 Å². The van der Waals surface area contributed by atoms with Crippen LogP contribution in [0.4, 0.5) is 0 Å². The summed E-state index contributed by atoms with van der Waals surface area (Å²) in [5.41, 5.74) is 0. The van der Waals surface area contributed by atoms with Crippen molar-refractivity contribution in [1.29, 1.82) is 0 Å². The molecule has 0 bridgehead atoms. The van der Waals surface area contributed by atoms with Crippen molar-refractivity contribution in [2.24, 2.45) is 5.92 Å². The minimum atomic E-state index is 0.532. The molecule has 1 N–H and O–H groups in total. The van der Waals surface area contributed by atoms with E-state index in [2.05, 4.69) is 42.1 Å². The number of nitrogens with one attached hydrogen (secondary N) is 1. The van der Waals surface area contributed by atoms with Gasteiger partial charge in [0, 0.05) is 23.9 Å². The monoisotopic (exact) mass is 312 g/mol. The molecule has 3 heteroatoms. The molecule has 2 nitrogen and oxygen atoms in total. The second-order valence-corrected chi connectivity index (χ2v) is 8.59. The summed E-state index contributed by atoms with van der Waals surface area (Å²) in [5, 5.41) is 3.93. The molecule has 1 saturated heterocycles. The van der Waals surface area contributed by atoms with Gasteiger partial charge < -0.3 is 10.2 Å². The fourth-order valence-electron chi connectivity index (χ4n) is 4.18. The zero-order valence-electron chi connectivity index (χ0n) is 14.5. The van der Waals surface area contributed by atoms with E-state index in [4.69, 9.17) is 0 Å². The normalized spacial score (nSPS) is 28.4. The summed E-state index contributed by atoms with van der Waals surface area (Å²) in [6.45, 7) is 9.88. The van der Waals surface area contributed by atoms with E-state index in [0.29, 0.717) is 10.8 Å². The summed E-state index contributed by atoms with van der Waals surface area (Å²) in [6, 6.07) is 0.676. The lowest BCUT2D eigenvalue weighted by molar-refractivity contribution is 0.149. The summed E-state index contributed by atoms with van der Waals surface area (Å²) in [6.07, 6.45) is 13.6. The second-order valence-electron chi connectivity index (χ2n) is 7.32. The van der Waals surface area contributed by atoms with Crippen LogP contribution in [0, 0.1) is 5.92 Å². The fraction of sp³-hybridized carbons (Fsp3) is 1.00. The van der Waals surface area contributed by atoms with Crippen molar-refractivity contribution in [1.82, 2.24) is 10.2 Å². The van der Waals surface area contributed by atoms with Gasteiger partial charge in [-0.1, -0.05) is 26.2 Å². The first kappa shape index (κ1) is 17.6. The van der Waals surface area contributed by atoms with E-state index in [9.17, 15) is 0 Å². The van der Waals surface area contributed by atoms with Gasteiger partial charge >= 0.3 is 0 Å². The molecule has 124 valence electrons. The van der Waals surface area contributed by atoms with Crippen LogP contribution < -0.4 is 5.32 Å². The standard InChI is InChI=1S/C18H36N2S/c1-4-12-20-13-8-9-17(14-20)16(2)19-15-18(21-3)10-6-5-7-11-18/h16-17,19H,4-15H2,1-3H3. The Kier molecular flexibility index (Phi) is 7.37. The highest BCUT2D eigenvalue weighted by molar-refractivity contribution is 8.00. The maximum absolute atomic E-state index is 3.93. The van der Waals surface area contributed by atoms with Gasteiger partial charge in [0.25, 0.3) is 0 Å². The first-order chi connectivity index (χ1) is 10.2. The predicted octanol–water partition coefficient (Wildman–Crippen LogP) is 4.15. The molecule has 1 aliphatic carbocycles. The smallest absolute Gasteiger partial charge is 0.0281 e. The largest absolute Gasteiger partial charge is 0.313 e. The maximum Gasteiger partial charge on any atom is 0.0281 e. The molecule has 2 unspecified atom stereocenters. The van der Waals surface area contributed by atoms with Crippen molar-refractivity contribution in [3.05, 3.63) is 0 Å². The number of piperidine rings is 1. The summed E-state index contributed by atoms with van der Waals surface area (Å²) in [4.78, 5) is 2.68. The molecule has 0 amide bonds. The van der Waals surface area contributed by atoms with Crippen LogP contribution in [0.2, 0.25) is 0 Å². The van der Waals surface area contributed by atoms with E-state index in [1.54, 1.807) is 0 Å². The van der Waals surface area contributed by atoms with Gasteiger partial charge in [-0.05, 0) is 64.3 Å². The van der Waals surface area contributed by atoms with Gasteiger partial charge in [0.2, 0.25) is 0 Å². The SMILES string of the molecule is CCCN1CCCC(C(C)NCC2(SC)CCCCC2)C1. The lowest BCUT2D eigenvalue weighted by atomic mass is 9.87. The average molecular weight is 313 g/mol. The summed E-state index contributed by atoms with van der Waals surface area (Å²) < 4.78 is 0.532. The third-order valence-electron chi connectivity index (χ3n) is 5.73. The Balaban J connectivity index is 1.78. The Morgan fingerprint density at radius 2 is 2.00 bits per heavy atom. The van der Waals surface area contributed by atoms with Gasteiger partial charge in [-0.15, -0.1) is 0 Å². The molecule has 21 heavy (non-hydrogen) atoms. The van der Waals surface area contributed by atoms with Crippen molar-refractivity contribution in [3.8, 4) is 0 Å². The maximum atomic E-state index is 3.93. The summed E-state index contributed by atoms with van der Waals surface area (Å²) >= 11 is 2.12. The molecule has 0 spiro atoms. The van der Waals surface area contributed by atoms with Crippen LogP contribution in [0.25, 0.3) is 0 Å². The number of thioether (sulfide) groups is 1. The minimum Gasteiger partial charge on any atom is -0.313 e. The van der Waals surface area contributed by atoms with E-state index in [-0.39, 0.29) is 0 Å².